The molecular formula is C10H19N3S. The van der Waals surface area contributed by atoms with Gasteiger partial charge in [-0.05, 0) is 41.5 Å². The summed E-state index contributed by atoms with van der Waals surface area (Å²) < 4.78 is 1.75. The first kappa shape index (κ1) is 11.6. The summed E-state index contributed by atoms with van der Waals surface area (Å²) in [7, 11) is 0. The fourth-order valence-corrected chi connectivity index (χ4v) is 1.79. The van der Waals surface area contributed by atoms with Crippen molar-refractivity contribution in [2.75, 3.05) is 0 Å². The van der Waals surface area contributed by atoms with Gasteiger partial charge in [0.25, 0.3) is 0 Å². The summed E-state index contributed by atoms with van der Waals surface area (Å²) in [5.74, 6) is 0. The molecule has 0 amide bonds. The van der Waals surface area contributed by atoms with Gasteiger partial charge in [0.1, 0.15) is 0 Å². The third-order valence-electron chi connectivity index (χ3n) is 2.05. The predicted molar refractivity (Wildman–Crippen MR) is 61.8 cm³/mol. The Morgan fingerprint density at radius 3 is 1.93 bits per heavy atom. The van der Waals surface area contributed by atoms with Gasteiger partial charge in [0.2, 0.25) is 0 Å². The van der Waals surface area contributed by atoms with Gasteiger partial charge in [-0.2, -0.15) is 12.6 Å². The molecule has 80 valence electrons. The van der Waals surface area contributed by atoms with Crippen LogP contribution in [0.1, 0.15) is 46.0 Å². The van der Waals surface area contributed by atoms with E-state index in [2.05, 4.69) is 57.6 Å². The van der Waals surface area contributed by atoms with Crippen molar-refractivity contribution in [3.8, 4) is 0 Å². The molecule has 0 saturated carbocycles. The van der Waals surface area contributed by atoms with Gasteiger partial charge in [0.15, 0.2) is 0 Å². The van der Waals surface area contributed by atoms with Crippen LogP contribution in [0.2, 0.25) is 0 Å². The molecule has 1 rings (SSSR count). The van der Waals surface area contributed by atoms with Crippen LogP contribution in [0.5, 0.6) is 0 Å². The smallest absolute Gasteiger partial charge is 0.0842 e. The summed E-state index contributed by atoms with van der Waals surface area (Å²) in [6, 6.07) is 0. The zero-order valence-corrected chi connectivity index (χ0v) is 10.7. The van der Waals surface area contributed by atoms with Crippen molar-refractivity contribution in [1.82, 2.24) is 15.0 Å². The van der Waals surface area contributed by atoms with Gasteiger partial charge in [-0.3, -0.25) is 0 Å². The molecule has 14 heavy (non-hydrogen) atoms. The molecule has 1 aromatic heterocycles. The van der Waals surface area contributed by atoms with Gasteiger partial charge in [-0.15, -0.1) is 5.10 Å². The van der Waals surface area contributed by atoms with Crippen LogP contribution >= 0.6 is 12.6 Å². The molecule has 0 saturated heterocycles. The van der Waals surface area contributed by atoms with Crippen molar-refractivity contribution < 1.29 is 0 Å². The monoisotopic (exact) mass is 213 g/mol. The summed E-state index contributed by atoms with van der Waals surface area (Å²) in [6.45, 7) is 12.4. The highest BCUT2D eigenvalue weighted by atomic mass is 32.1. The standard InChI is InChI=1S/C10H19N3S/c1-7-8(10(5,6)14)13(12-11-7)9(2,3)4/h14H,1-6H3. The van der Waals surface area contributed by atoms with Crippen molar-refractivity contribution in [1.29, 1.82) is 0 Å². The van der Waals surface area contributed by atoms with Crippen LogP contribution in [0.3, 0.4) is 0 Å². The number of thiol groups is 1. The highest BCUT2D eigenvalue weighted by Crippen LogP contribution is 2.31. The topological polar surface area (TPSA) is 30.7 Å². The fourth-order valence-electron chi connectivity index (χ4n) is 1.53. The maximum absolute atomic E-state index is 4.58. The molecule has 0 spiro atoms. The molecule has 0 bridgehead atoms. The molecule has 0 radical (unpaired) electrons. The van der Waals surface area contributed by atoms with Crippen LogP contribution in [0, 0.1) is 6.92 Å². The minimum Gasteiger partial charge on any atom is -0.242 e. The minimum absolute atomic E-state index is 0.0450. The molecule has 0 fully saturated rings. The summed E-state index contributed by atoms with van der Waals surface area (Å²) in [5, 5.41) is 8.28. The normalized spacial score (nSPS) is 13.4. The molecule has 0 unspecified atom stereocenters. The fraction of sp³-hybridized carbons (Fsp3) is 0.800. The van der Waals surface area contributed by atoms with Crippen LogP contribution in [0.15, 0.2) is 0 Å². The minimum atomic E-state index is -0.207. The lowest BCUT2D eigenvalue weighted by Gasteiger charge is -2.27. The third-order valence-corrected chi connectivity index (χ3v) is 2.27. The highest BCUT2D eigenvalue weighted by molar-refractivity contribution is 7.81. The van der Waals surface area contributed by atoms with Gasteiger partial charge < -0.3 is 0 Å². The van der Waals surface area contributed by atoms with Gasteiger partial charge >= 0.3 is 0 Å². The number of nitrogens with zero attached hydrogens (tertiary/aromatic N) is 3. The molecule has 1 heterocycles. The largest absolute Gasteiger partial charge is 0.242 e. The van der Waals surface area contributed by atoms with E-state index >= 15 is 0 Å². The van der Waals surface area contributed by atoms with Crippen molar-refractivity contribution in [2.24, 2.45) is 0 Å². The number of hydrogen-bond donors (Lipinski definition) is 1. The Morgan fingerprint density at radius 2 is 1.64 bits per heavy atom. The van der Waals surface area contributed by atoms with Crippen molar-refractivity contribution in [3.63, 3.8) is 0 Å². The quantitative estimate of drug-likeness (QED) is 0.727. The molecular weight excluding hydrogens is 194 g/mol. The van der Waals surface area contributed by atoms with E-state index in [9.17, 15) is 0 Å². The number of aromatic nitrogens is 3. The second kappa shape index (κ2) is 3.26. The number of hydrogen-bond acceptors (Lipinski definition) is 3. The van der Waals surface area contributed by atoms with E-state index in [1.54, 1.807) is 0 Å². The maximum atomic E-state index is 4.58. The Morgan fingerprint density at radius 1 is 1.14 bits per heavy atom. The van der Waals surface area contributed by atoms with E-state index in [4.69, 9.17) is 0 Å². The van der Waals surface area contributed by atoms with E-state index < -0.39 is 0 Å². The lowest BCUT2D eigenvalue weighted by molar-refractivity contribution is 0.328. The average molecular weight is 213 g/mol. The maximum Gasteiger partial charge on any atom is 0.0842 e. The Labute approximate surface area is 91.3 Å². The van der Waals surface area contributed by atoms with Crippen LogP contribution < -0.4 is 0 Å². The van der Waals surface area contributed by atoms with Gasteiger partial charge in [0, 0.05) is 0 Å². The SMILES string of the molecule is Cc1nnn(C(C)(C)C)c1C(C)(C)S. The Hall–Kier alpha value is -0.510. The molecule has 1 aromatic rings. The molecule has 0 aliphatic carbocycles. The Kier molecular flexibility index (Phi) is 2.69. The summed E-state index contributed by atoms with van der Waals surface area (Å²) >= 11 is 4.58. The Bertz CT molecular complexity index is 328. The summed E-state index contributed by atoms with van der Waals surface area (Å²) in [6.07, 6.45) is 0. The Balaban J connectivity index is 3.35. The first-order valence-corrected chi connectivity index (χ1v) is 5.24. The first-order valence-electron chi connectivity index (χ1n) is 4.79. The lowest BCUT2D eigenvalue weighted by atomic mass is 10.0. The molecule has 0 aromatic carbocycles. The zero-order chi connectivity index (χ0) is 11.1. The first-order chi connectivity index (χ1) is 6.14. The molecule has 4 heteroatoms. The predicted octanol–water partition coefficient (Wildman–Crippen LogP) is 2.51. The van der Waals surface area contributed by atoms with Gasteiger partial charge in [0.05, 0.1) is 21.7 Å². The van der Waals surface area contributed by atoms with E-state index in [0.29, 0.717) is 0 Å². The molecule has 0 aliphatic heterocycles. The highest BCUT2D eigenvalue weighted by Gasteiger charge is 2.29. The third kappa shape index (κ3) is 2.11. The molecule has 0 N–H and O–H groups in total. The van der Waals surface area contributed by atoms with Crippen molar-refractivity contribution in [3.05, 3.63) is 11.4 Å². The van der Waals surface area contributed by atoms with Crippen LogP contribution in [0.25, 0.3) is 0 Å². The van der Waals surface area contributed by atoms with Crippen LogP contribution in [-0.2, 0) is 10.3 Å². The lowest BCUT2D eigenvalue weighted by Crippen LogP contribution is -2.29. The molecule has 3 nitrogen and oxygen atoms in total. The average Bonchev–Trinajstić information content (AvgIpc) is 2.27. The van der Waals surface area contributed by atoms with Crippen LogP contribution in [-0.4, -0.2) is 15.0 Å². The number of aryl methyl sites for hydroxylation is 1. The van der Waals surface area contributed by atoms with Crippen LogP contribution in [0.4, 0.5) is 0 Å². The van der Waals surface area contributed by atoms with Crippen molar-refractivity contribution >= 4 is 12.6 Å². The number of rotatable bonds is 1. The second-order valence-electron chi connectivity index (χ2n) is 5.17. The van der Waals surface area contributed by atoms with Gasteiger partial charge in [-0.1, -0.05) is 5.21 Å². The van der Waals surface area contributed by atoms with E-state index in [1.165, 1.54) is 0 Å². The van der Waals surface area contributed by atoms with Gasteiger partial charge in [-0.25, -0.2) is 4.68 Å². The van der Waals surface area contributed by atoms with Crippen molar-refractivity contribution in [2.45, 2.75) is 51.8 Å². The summed E-state index contributed by atoms with van der Waals surface area (Å²) in [5.41, 5.74) is 2.00. The van der Waals surface area contributed by atoms with E-state index in [1.807, 2.05) is 11.6 Å². The summed E-state index contributed by atoms with van der Waals surface area (Å²) in [4.78, 5) is 0. The second-order valence-corrected chi connectivity index (χ2v) is 6.28. The molecule has 0 atom stereocenters. The molecule has 0 aliphatic rings. The zero-order valence-electron chi connectivity index (χ0n) is 9.79. The van der Waals surface area contributed by atoms with E-state index in [-0.39, 0.29) is 10.3 Å². The van der Waals surface area contributed by atoms with E-state index in [0.717, 1.165) is 11.4 Å².